The van der Waals surface area contributed by atoms with E-state index in [1.54, 1.807) is 4.90 Å². The summed E-state index contributed by atoms with van der Waals surface area (Å²) in [6, 6.07) is 10.1. The minimum absolute atomic E-state index is 0.168. The first kappa shape index (κ1) is 17.8. The molecule has 0 aliphatic carbocycles. The number of likely N-dealkylation sites (tertiary alicyclic amines) is 1. The highest BCUT2D eigenvalue weighted by Crippen LogP contribution is 2.18. The molecule has 0 bridgehead atoms. The number of aliphatic hydroxyl groups excluding tert-OH is 1. The number of piperidine rings is 1. The van der Waals surface area contributed by atoms with Crippen molar-refractivity contribution in [3.63, 3.8) is 0 Å². The minimum Gasteiger partial charge on any atom is -0.445 e. The topological polar surface area (TPSA) is 53.0 Å². The Morgan fingerprint density at radius 3 is 2.83 bits per heavy atom. The van der Waals surface area contributed by atoms with Gasteiger partial charge in [-0.2, -0.15) is 0 Å². The van der Waals surface area contributed by atoms with Crippen LogP contribution in [0.15, 0.2) is 30.3 Å². The Morgan fingerprint density at radius 1 is 1.35 bits per heavy atom. The van der Waals surface area contributed by atoms with Crippen LogP contribution < -0.4 is 0 Å². The highest BCUT2D eigenvalue weighted by molar-refractivity contribution is 5.67. The first-order valence-electron chi connectivity index (χ1n) is 8.55. The van der Waals surface area contributed by atoms with Crippen molar-refractivity contribution in [2.45, 2.75) is 38.8 Å². The van der Waals surface area contributed by atoms with Crippen LogP contribution in [-0.2, 0) is 11.3 Å². The van der Waals surface area contributed by atoms with Crippen LogP contribution in [0.25, 0.3) is 0 Å². The van der Waals surface area contributed by atoms with Gasteiger partial charge in [-0.1, -0.05) is 36.8 Å². The predicted octanol–water partition coefficient (Wildman–Crippen LogP) is 2.49. The molecular formula is C18H28N2O3. The van der Waals surface area contributed by atoms with Crippen LogP contribution in [0.1, 0.15) is 31.7 Å². The van der Waals surface area contributed by atoms with Crippen molar-refractivity contribution in [3.8, 4) is 0 Å². The fraction of sp³-hybridized carbons (Fsp3) is 0.611. The maximum atomic E-state index is 12.3. The molecular weight excluding hydrogens is 292 g/mol. The predicted molar refractivity (Wildman–Crippen MR) is 90.2 cm³/mol. The third-order valence-electron chi connectivity index (χ3n) is 4.41. The number of benzene rings is 1. The maximum Gasteiger partial charge on any atom is 0.410 e. The quantitative estimate of drug-likeness (QED) is 0.838. The van der Waals surface area contributed by atoms with Crippen molar-refractivity contribution in [1.29, 1.82) is 0 Å². The van der Waals surface area contributed by atoms with Gasteiger partial charge < -0.3 is 14.7 Å². The Kier molecular flexibility index (Phi) is 7.36. The number of rotatable bonds is 7. The summed E-state index contributed by atoms with van der Waals surface area (Å²) in [5, 5.41) is 9.20. The summed E-state index contributed by atoms with van der Waals surface area (Å²) in [4.78, 5) is 16.4. The zero-order valence-corrected chi connectivity index (χ0v) is 14.0. The molecule has 1 fully saturated rings. The van der Waals surface area contributed by atoms with Gasteiger partial charge in [0, 0.05) is 25.7 Å². The monoisotopic (exact) mass is 320 g/mol. The lowest BCUT2D eigenvalue weighted by Gasteiger charge is -2.37. The van der Waals surface area contributed by atoms with E-state index in [1.165, 1.54) is 12.8 Å². The van der Waals surface area contributed by atoms with E-state index < -0.39 is 0 Å². The summed E-state index contributed by atoms with van der Waals surface area (Å²) in [7, 11) is 0. The fourth-order valence-electron chi connectivity index (χ4n) is 3.09. The van der Waals surface area contributed by atoms with E-state index in [0.717, 1.165) is 18.5 Å². The van der Waals surface area contributed by atoms with E-state index >= 15 is 0 Å². The van der Waals surface area contributed by atoms with Gasteiger partial charge in [-0.15, -0.1) is 0 Å². The number of hydrogen-bond acceptors (Lipinski definition) is 4. The van der Waals surface area contributed by atoms with Gasteiger partial charge in [-0.25, -0.2) is 4.79 Å². The summed E-state index contributed by atoms with van der Waals surface area (Å²) in [5.41, 5.74) is 0.997. The van der Waals surface area contributed by atoms with Crippen LogP contribution >= 0.6 is 0 Å². The van der Waals surface area contributed by atoms with E-state index in [2.05, 4.69) is 4.90 Å². The largest absolute Gasteiger partial charge is 0.445 e. The van der Waals surface area contributed by atoms with Crippen LogP contribution in [0.4, 0.5) is 4.79 Å². The average molecular weight is 320 g/mol. The molecule has 0 aromatic heterocycles. The molecule has 1 aliphatic heterocycles. The third-order valence-corrected chi connectivity index (χ3v) is 4.41. The van der Waals surface area contributed by atoms with Gasteiger partial charge in [0.05, 0.1) is 6.61 Å². The molecule has 0 saturated carbocycles. The minimum atomic E-state index is -0.258. The maximum absolute atomic E-state index is 12.3. The van der Waals surface area contributed by atoms with Gasteiger partial charge in [0.15, 0.2) is 0 Å². The number of carbonyl (C=O) groups excluding carboxylic acids is 1. The first-order valence-corrected chi connectivity index (χ1v) is 8.55. The summed E-state index contributed by atoms with van der Waals surface area (Å²) in [6.45, 7) is 5.44. The Balaban J connectivity index is 1.86. The molecule has 1 heterocycles. The summed E-state index contributed by atoms with van der Waals surface area (Å²) < 4.78 is 5.44. The Labute approximate surface area is 138 Å². The van der Waals surface area contributed by atoms with Gasteiger partial charge in [0.25, 0.3) is 0 Å². The molecule has 2 rings (SSSR count). The van der Waals surface area contributed by atoms with E-state index in [-0.39, 0.29) is 12.7 Å². The van der Waals surface area contributed by atoms with E-state index in [9.17, 15) is 9.90 Å². The van der Waals surface area contributed by atoms with E-state index in [1.807, 2.05) is 37.3 Å². The van der Waals surface area contributed by atoms with Crippen molar-refractivity contribution in [3.05, 3.63) is 35.9 Å². The standard InChI is InChI=1S/C18H28N2O3/c1-2-19(14-17-10-6-7-11-20(17)12-13-21)18(22)23-15-16-8-4-3-5-9-16/h3-5,8-9,17,21H,2,6-7,10-15H2,1H3/t17-/m0/s1. The second-order valence-electron chi connectivity index (χ2n) is 5.99. The summed E-state index contributed by atoms with van der Waals surface area (Å²) >= 11 is 0. The van der Waals surface area contributed by atoms with Gasteiger partial charge in [0.2, 0.25) is 0 Å². The molecule has 0 radical (unpaired) electrons. The molecule has 128 valence electrons. The zero-order valence-electron chi connectivity index (χ0n) is 14.0. The molecule has 0 unspecified atom stereocenters. The first-order chi connectivity index (χ1) is 11.2. The van der Waals surface area contributed by atoms with Crippen LogP contribution in [0.2, 0.25) is 0 Å². The number of carbonyl (C=O) groups is 1. The molecule has 1 saturated heterocycles. The molecule has 1 aliphatic rings. The number of hydrogen-bond donors (Lipinski definition) is 1. The SMILES string of the molecule is CCN(C[C@@H]1CCCCN1CCO)C(=O)OCc1ccccc1. The Hall–Kier alpha value is -1.59. The molecule has 1 aromatic rings. The van der Waals surface area contributed by atoms with Crippen molar-refractivity contribution < 1.29 is 14.6 Å². The van der Waals surface area contributed by atoms with Crippen LogP contribution in [-0.4, -0.2) is 59.8 Å². The number of ether oxygens (including phenoxy) is 1. The normalized spacial score (nSPS) is 18.6. The van der Waals surface area contributed by atoms with Crippen LogP contribution in [0.3, 0.4) is 0 Å². The van der Waals surface area contributed by atoms with Crippen molar-refractivity contribution >= 4 is 6.09 Å². The van der Waals surface area contributed by atoms with Gasteiger partial charge in [0.1, 0.15) is 6.61 Å². The smallest absolute Gasteiger partial charge is 0.410 e. The molecule has 5 nitrogen and oxygen atoms in total. The van der Waals surface area contributed by atoms with Crippen LogP contribution in [0, 0.1) is 0 Å². The molecule has 1 N–H and O–H groups in total. The summed E-state index contributed by atoms with van der Waals surface area (Å²) in [5.74, 6) is 0. The highest BCUT2D eigenvalue weighted by Gasteiger charge is 2.26. The van der Waals surface area contributed by atoms with Gasteiger partial charge in [-0.3, -0.25) is 4.90 Å². The third kappa shape index (κ3) is 5.52. The lowest BCUT2D eigenvalue weighted by Crippen LogP contribution is -2.49. The Morgan fingerprint density at radius 2 is 2.13 bits per heavy atom. The van der Waals surface area contributed by atoms with Crippen LogP contribution in [0.5, 0.6) is 0 Å². The molecule has 23 heavy (non-hydrogen) atoms. The Bertz CT molecular complexity index is 465. The van der Waals surface area contributed by atoms with Gasteiger partial charge >= 0.3 is 6.09 Å². The molecule has 5 heteroatoms. The lowest BCUT2D eigenvalue weighted by atomic mass is 10.0. The molecule has 0 spiro atoms. The number of β-amino-alcohol motifs (C(OH)–C–C–N with tert-alkyl or cyclic N) is 1. The second-order valence-corrected chi connectivity index (χ2v) is 5.99. The number of amides is 1. The number of nitrogens with zero attached hydrogens (tertiary/aromatic N) is 2. The fourth-order valence-corrected chi connectivity index (χ4v) is 3.09. The van der Waals surface area contributed by atoms with Crippen molar-refractivity contribution in [2.24, 2.45) is 0 Å². The second kappa shape index (κ2) is 9.53. The van der Waals surface area contributed by atoms with E-state index in [0.29, 0.717) is 32.3 Å². The molecule has 1 atom stereocenters. The van der Waals surface area contributed by atoms with Crippen molar-refractivity contribution in [2.75, 3.05) is 32.8 Å². The summed E-state index contributed by atoms with van der Waals surface area (Å²) in [6.07, 6.45) is 3.16. The number of likely N-dealkylation sites (N-methyl/N-ethyl adjacent to an activating group) is 1. The lowest BCUT2D eigenvalue weighted by molar-refractivity contribution is 0.0642. The van der Waals surface area contributed by atoms with Gasteiger partial charge in [-0.05, 0) is 31.9 Å². The zero-order chi connectivity index (χ0) is 16.5. The molecule has 1 amide bonds. The van der Waals surface area contributed by atoms with E-state index in [4.69, 9.17) is 4.74 Å². The highest BCUT2D eigenvalue weighted by atomic mass is 16.6. The average Bonchev–Trinajstić information content (AvgIpc) is 2.60. The van der Waals surface area contributed by atoms with Crippen molar-refractivity contribution in [1.82, 2.24) is 9.80 Å². The number of aliphatic hydroxyl groups is 1. The molecule has 1 aromatic carbocycles.